The molecule has 0 saturated carbocycles. The number of ether oxygens (including phenoxy) is 1. The predicted molar refractivity (Wildman–Crippen MR) is 120 cm³/mol. The van der Waals surface area contributed by atoms with E-state index in [-0.39, 0.29) is 36.7 Å². The summed E-state index contributed by atoms with van der Waals surface area (Å²) in [5.41, 5.74) is 2.58. The molecule has 0 aliphatic carbocycles. The lowest BCUT2D eigenvalue weighted by atomic mass is 9.92. The third-order valence-corrected chi connectivity index (χ3v) is 5.62. The normalized spacial score (nSPS) is 18.2. The van der Waals surface area contributed by atoms with Crippen molar-refractivity contribution in [2.24, 2.45) is 0 Å². The number of hydrogen-bond donors (Lipinski definition) is 2. The number of urea groups is 1. The van der Waals surface area contributed by atoms with Crippen molar-refractivity contribution < 1.29 is 32.3 Å². The van der Waals surface area contributed by atoms with E-state index in [9.17, 15) is 27.6 Å². The van der Waals surface area contributed by atoms with Gasteiger partial charge in [0.05, 0.1) is 53.3 Å². The molecule has 0 spiro atoms. The fourth-order valence-electron chi connectivity index (χ4n) is 4.06. The second kappa shape index (κ2) is 9.71. The van der Waals surface area contributed by atoms with Crippen molar-refractivity contribution in [3.8, 4) is 6.07 Å². The molecule has 2 aromatic carbocycles. The van der Waals surface area contributed by atoms with Gasteiger partial charge in [0.15, 0.2) is 0 Å². The molecule has 2 aromatic rings. The van der Waals surface area contributed by atoms with Crippen LogP contribution in [0.25, 0.3) is 0 Å². The minimum Gasteiger partial charge on any atom is -0.465 e. The first-order valence-electron chi connectivity index (χ1n) is 10.8. The van der Waals surface area contributed by atoms with Crippen molar-refractivity contribution in [1.29, 1.82) is 5.26 Å². The van der Waals surface area contributed by atoms with E-state index in [1.165, 1.54) is 23.2 Å². The molecule has 0 radical (unpaired) electrons. The van der Waals surface area contributed by atoms with Gasteiger partial charge in [-0.2, -0.15) is 18.4 Å². The Kier molecular flexibility index (Phi) is 6.67. The zero-order valence-corrected chi connectivity index (χ0v) is 18.9. The standard InChI is InChI=1S/C24H20F3N5O4/c1-2-36-19(33)13-31-12-18-20(22(34)30-31)21(15-8-6-14(11-28)7-9-15)29-23(35)32(18)17-5-3-4-16(10-17)24(25,26)27/h3-10,21H,2,12-13H2,1H3,(H,29,35)(H,30,34)/t21-/m1/s1. The molecule has 0 saturated heterocycles. The Morgan fingerprint density at radius 2 is 1.92 bits per heavy atom. The number of nitriles is 1. The maximum atomic E-state index is 13.4. The van der Waals surface area contributed by atoms with Crippen LogP contribution in [0.15, 0.2) is 59.8 Å². The van der Waals surface area contributed by atoms with Crippen molar-refractivity contribution in [3.05, 3.63) is 76.5 Å². The molecular formula is C24H20F3N5O4. The molecule has 2 N–H and O–H groups in total. The number of anilines is 1. The number of nitrogens with one attached hydrogen (secondary N) is 2. The minimum atomic E-state index is -4.65. The fourth-order valence-corrected chi connectivity index (χ4v) is 4.06. The van der Waals surface area contributed by atoms with Gasteiger partial charge in [-0.05, 0) is 42.8 Å². The molecule has 0 fully saturated rings. The van der Waals surface area contributed by atoms with Crippen molar-refractivity contribution in [3.63, 3.8) is 0 Å². The zero-order chi connectivity index (χ0) is 26.0. The van der Waals surface area contributed by atoms with Gasteiger partial charge in [-0.25, -0.2) is 9.80 Å². The van der Waals surface area contributed by atoms with E-state index >= 15 is 0 Å². The van der Waals surface area contributed by atoms with Crippen LogP contribution in [0.1, 0.15) is 29.7 Å². The van der Waals surface area contributed by atoms with Gasteiger partial charge < -0.3 is 10.1 Å². The average Bonchev–Trinajstić information content (AvgIpc) is 2.83. The molecule has 3 amide bonds. The molecule has 186 valence electrons. The zero-order valence-electron chi connectivity index (χ0n) is 18.9. The van der Waals surface area contributed by atoms with Crippen LogP contribution in [0.5, 0.6) is 0 Å². The van der Waals surface area contributed by atoms with Crippen LogP contribution in [0, 0.1) is 11.3 Å². The monoisotopic (exact) mass is 499 g/mol. The fraction of sp³-hybridized carbons (Fsp3) is 0.250. The summed E-state index contributed by atoms with van der Waals surface area (Å²) in [5.74, 6) is -1.27. The van der Waals surface area contributed by atoms with Crippen LogP contribution < -0.4 is 15.6 Å². The second-order valence-electron chi connectivity index (χ2n) is 7.96. The third-order valence-electron chi connectivity index (χ3n) is 5.62. The molecule has 1 atom stereocenters. The Morgan fingerprint density at radius 1 is 1.19 bits per heavy atom. The Hall–Kier alpha value is -4.37. The number of carbonyl (C=O) groups excluding carboxylic acids is 3. The Labute approximate surface area is 203 Å². The summed E-state index contributed by atoms with van der Waals surface area (Å²) in [5, 5.41) is 13.0. The molecular weight excluding hydrogens is 479 g/mol. The largest absolute Gasteiger partial charge is 0.465 e. The van der Waals surface area contributed by atoms with Crippen molar-refractivity contribution >= 4 is 23.6 Å². The summed E-state index contributed by atoms with van der Waals surface area (Å²) in [4.78, 5) is 39.5. The number of hydrogen-bond acceptors (Lipinski definition) is 6. The minimum absolute atomic E-state index is 0.0943. The summed E-state index contributed by atoms with van der Waals surface area (Å²) in [6.45, 7) is 1.25. The number of hydrazine groups is 1. The molecule has 4 rings (SSSR count). The highest BCUT2D eigenvalue weighted by Gasteiger charge is 2.42. The molecule has 9 nitrogen and oxygen atoms in total. The SMILES string of the molecule is CCOC(=O)CN1CC2=C(C(=O)N1)[C@@H](c1ccc(C#N)cc1)NC(=O)N2c1cccc(C(F)(F)F)c1. The van der Waals surface area contributed by atoms with E-state index in [1.807, 2.05) is 6.07 Å². The number of alkyl halides is 3. The number of nitrogens with zero attached hydrogens (tertiary/aromatic N) is 3. The first-order valence-corrected chi connectivity index (χ1v) is 10.8. The van der Waals surface area contributed by atoms with Gasteiger partial charge in [0, 0.05) is 0 Å². The highest BCUT2D eigenvalue weighted by Crippen LogP contribution is 2.38. The van der Waals surface area contributed by atoms with Gasteiger partial charge in [-0.15, -0.1) is 0 Å². The Morgan fingerprint density at radius 3 is 2.56 bits per heavy atom. The summed E-state index contributed by atoms with van der Waals surface area (Å²) in [7, 11) is 0. The van der Waals surface area contributed by atoms with E-state index in [0.717, 1.165) is 23.1 Å². The van der Waals surface area contributed by atoms with Crippen LogP contribution in [-0.2, 0) is 20.5 Å². The van der Waals surface area contributed by atoms with E-state index in [4.69, 9.17) is 10.00 Å². The Bertz CT molecular complexity index is 1280. The number of rotatable bonds is 5. The summed E-state index contributed by atoms with van der Waals surface area (Å²) in [6, 6.07) is 10.7. The first-order chi connectivity index (χ1) is 17.1. The molecule has 0 aromatic heterocycles. The van der Waals surface area contributed by atoms with Crippen LogP contribution in [-0.4, -0.2) is 42.6 Å². The molecule has 0 bridgehead atoms. The van der Waals surface area contributed by atoms with Crippen molar-refractivity contribution in [2.45, 2.75) is 19.1 Å². The second-order valence-corrected chi connectivity index (χ2v) is 7.96. The average molecular weight is 499 g/mol. The first kappa shape index (κ1) is 24.7. The molecule has 12 heteroatoms. The summed E-state index contributed by atoms with van der Waals surface area (Å²) >= 11 is 0. The van der Waals surface area contributed by atoms with Gasteiger partial charge in [-0.1, -0.05) is 18.2 Å². The lowest BCUT2D eigenvalue weighted by Crippen LogP contribution is -2.59. The number of amides is 3. The lowest BCUT2D eigenvalue weighted by Gasteiger charge is -2.42. The van der Waals surface area contributed by atoms with Gasteiger partial charge in [0.1, 0.15) is 6.54 Å². The van der Waals surface area contributed by atoms with Gasteiger partial charge in [0.25, 0.3) is 5.91 Å². The smallest absolute Gasteiger partial charge is 0.416 e. The quantitative estimate of drug-likeness (QED) is 0.612. The Balaban J connectivity index is 1.81. The van der Waals surface area contributed by atoms with Crippen LogP contribution >= 0.6 is 0 Å². The van der Waals surface area contributed by atoms with Crippen molar-refractivity contribution in [1.82, 2.24) is 15.8 Å². The van der Waals surface area contributed by atoms with E-state index in [2.05, 4.69) is 10.7 Å². The predicted octanol–water partition coefficient (Wildman–Crippen LogP) is 3.01. The number of benzene rings is 2. The van der Waals surface area contributed by atoms with Crippen LogP contribution in [0.3, 0.4) is 0 Å². The molecule has 36 heavy (non-hydrogen) atoms. The van der Waals surface area contributed by atoms with Crippen molar-refractivity contribution in [2.75, 3.05) is 24.6 Å². The maximum Gasteiger partial charge on any atom is 0.416 e. The topological polar surface area (TPSA) is 115 Å². The summed E-state index contributed by atoms with van der Waals surface area (Å²) < 4.78 is 45.0. The van der Waals surface area contributed by atoms with E-state index < -0.39 is 35.7 Å². The maximum absolute atomic E-state index is 13.4. The van der Waals surface area contributed by atoms with Crippen LogP contribution in [0.2, 0.25) is 0 Å². The highest BCUT2D eigenvalue weighted by atomic mass is 19.4. The highest BCUT2D eigenvalue weighted by molar-refractivity contribution is 6.05. The third kappa shape index (κ3) is 4.87. The van der Waals surface area contributed by atoms with E-state index in [0.29, 0.717) is 11.1 Å². The summed E-state index contributed by atoms with van der Waals surface area (Å²) in [6.07, 6.45) is -4.65. The van der Waals surface area contributed by atoms with E-state index in [1.54, 1.807) is 19.1 Å². The number of esters is 1. The molecule has 2 aliphatic heterocycles. The molecule has 0 unspecified atom stereocenters. The lowest BCUT2D eigenvalue weighted by molar-refractivity contribution is -0.146. The van der Waals surface area contributed by atoms with Gasteiger partial charge in [0.2, 0.25) is 0 Å². The van der Waals surface area contributed by atoms with Gasteiger partial charge >= 0.3 is 18.2 Å². The number of halogens is 3. The molecule has 2 aliphatic rings. The number of carbonyl (C=O) groups is 3. The van der Waals surface area contributed by atoms with Gasteiger partial charge in [-0.3, -0.25) is 19.9 Å². The van der Waals surface area contributed by atoms with Crippen LogP contribution in [0.4, 0.5) is 23.7 Å². The molecule has 2 heterocycles.